The molecule has 1 fully saturated rings. The van der Waals surface area contributed by atoms with Crippen LogP contribution in [0.3, 0.4) is 0 Å². The highest BCUT2D eigenvalue weighted by atomic mass is 32.1. The number of thiazole rings is 1. The van der Waals surface area contributed by atoms with Crippen molar-refractivity contribution in [2.45, 2.75) is 52.1 Å². The summed E-state index contributed by atoms with van der Waals surface area (Å²) in [5, 5.41) is 3.38. The molecule has 38 heavy (non-hydrogen) atoms. The topological polar surface area (TPSA) is 113 Å². The maximum absolute atomic E-state index is 13.9. The molecule has 1 saturated heterocycles. The van der Waals surface area contributed by atoms with Gasteiger partial charge in [-0.1, -0.05) is 0 Å². The van der Waals surface area contributed by atoms with Gasteiger partial charge in [-0.2, -0.15) is 13.2 Å². The highest BCUT2D eigenvalue weighted by Crippen LogP contribution is 2.36. The summed E-state index contributed by atoms with van der Waals surface area (Å²) in [7, 11) is 0. The van der Waals surface area contributed by atoms with Gasteiger partial charge in [0, 0.05) is 18.8 Å². The zero-order valence-corrected chi connectivity index (χ0v) is 21.8. The molecule has 4 heterocycles. The smallest absolute Gasteiger partial charge is 0.377 e. The first-order chi connectivity index (χ1) is 17.9. The first kappa shape index (κ1) is 26.0. The van der Waals surface area contributed by atoms with Crippen LogP contribution in [0.5, 0.6) is 0 Å². The predicted octanol–water partition coefficient (Wildman–Crippen LogP) is 4.68. The van der Waals surface area contributed by atoms with Crippen LogP contribution in [0.4, 0.5) is 18.9 Å². The number of morpholine rings is 1. The number of carbonyl (C=O) groups excluding carboxylic acids is 1. The predicted molar refractivity (Wildman–Crippen MR) is 137 cm³/mol. The number of benzene rings is 1. The number of amides is 1. The molecular weight excluding hydrogens is 521 g/mol. The first-order valence-corrected chi connectivity index (χ1v) is 12.8. The van der Waals surface area contributed by atoms with Crippen molar-refractivity contribution in [3.05, 3.63) is 56.7 Å². The third kappa shape index (κ3) is 5.07. The minimum Gasteiger partial charge on any atom is -0.377 e. The summed E-state index contributed by atoms with van der Waals surface area (Å²) in [6.45, 7) is 7.79. The number of nitrogens with one attached hydrogen (secondary N) is 2. The van der Waals surface area contributed by atoms with Gasteiger partial charge >= 0.3 is 6.18 Å². The molecule has 1 aromatic carbocycles. The van der Waals surface area contributed by atoms with E-state index in [9.17, 15) is 22.8 Å². The number of pyridine rings is 1. The summed E-state index contributed by atoms with van der Waals surface area (Å²) in [6, 6.07) is 5.07. The second kappa shape index (κ2) is 9.62. The fourth-order valence-electron chi connectivity index (χ4n) is 4.66. The molecular formula is C25H25F3N6O3S. The van der Waals surface area contributed by atoms with E-state index in [1.807, 2.05) is 13.8 Å². The number of rotatable bonds is 4. The SMILES string of the molecule is Cc1nc2cc(C(F)(F)F)c(C(C)Nc3ccc4nc(C(=O)N5C[C@@H](C)O[C@@H](C)C5)sc4c3)nc2c(=O)[nH]1. The van der Waals surface area contributed by atoms with Gasteiger partial charge in [0.1, 0.15) is 5.82 Å². The highest BCUT2D eigenvalue weighted by Gasteiger charge is 2.36. The molecule has 1 amide bonds. The molecule has 5 rings (SSSR count). The molecule has 1 unspecified atom stereocenters. The average molecular weight is 547 g/mol. The zero-order valence-electron chi connectivity index (χ0n) is 21.0. The van der Waals surface area contributed by atoms with Crippen LogP contribution < -0.4 is 10.9 Å². The van der Waals surface area contributed by atoms with Crippen molar-refractivity contribution in [2.75, 3.05) is 18.4 Å². The van der Waals surface area contributed by atoms with Crippen molar-refractivity contribution in [2.24, 2.45) is 0 Å². The van der Waals surface area contributed by atoms with Gasteiger partial charge in [0.25, 0.3) is 11.5 Å². The van der Waals surface area contributed by atoms with Crippen molar-refractivity contribution in [1.29, 1.82) is 0 Å². The Hall–Kier alpha value is -3.58. The van der Waals surface area contributed by atoms with Gasteiger partial charge in [0.2, 0.25) is 0 Å². The van der Waals surface area contributed by atoms with Crippen LogP contribution in [0.1, 0.15) is 53.7 Å². The lowest BCUT2D eigenvalue weighted by atomic mass is 10.1. The first-order valence-electron chi connectivity index (χ1n) is 12.0. The molecule has 0 saturated carbocycles. The molecule has 1 aliphatic heterocycles. The van der Waals surface area contributed by atoms with E-state index in [0.29, 0.717) is 34.0 Å². The minimum atomic E-state index is -4.70. The number of alkyl halides is 3. The van der Waals surface area contributed by atoms with Crippen LogP contribution >= 0.6 is 11.3 Å². The fourth-order valence-corrected chi connectivity index (χ4v) is 5.63. The second-order valence-corrected chi connectivity index (χ2v) is 10.5. The Morgan fingerprint density at radius 1 is 1.16 bits per heavy atom. The second-order valence-electron chi connectivity index (χ2n) is 9.47. The van der Waals surface area contributed by atoms with Crippen molar-refractivity contribution >= 4 is 44.2 Å². The van der Waals surface area contributed by atoms with Crippen LogP contribution in [-0.4, -0.2) is 56.0 Å². The van der Waals surface area contributed by atoms with Crippen LogP contribution in [0.25, 0.3) is 21.3 Å². The number of aryl methyl sites for hydroxylation is 1. The van der Waals surface area contributed by atoms with Gasteiger partial charge in [-0.15, -0.1) is 11.3 Å². The van der Waals surface area contributed by atoms with Crippen LogP contribution in [0, 0.1) is 6.92 Å². The number of carbonyl (C=O) groups is 1. The van der Waals surface area contributed by atoms with E-state index in [1.54, 1.807) is 23.1 Å². The molecule has 4 aromatic rings. The maximum atomic E-state index is 13.9. The summed E-state index contributed by atoms with van der Waals surface area (Å²) in [4.78, 5) is 42.1. The van der Waals surface area contributed by atoms with E-state index in [2.05, 4.69) is 25.3 Å². The molecule has 0 spiro atoms. The lowest BCUT2D eigenvalue weighted by Gasteiger charge is -2.34. The normalized spacial score (nSPS) is 19.2. The summed E-state index contributed by atoms with van der Waals surface area (Å²) >= 11 is 1.22. The zero-order chi connectivity index (χ0) is 27.4. The molecule has 200 valence electrons. The van der Waals surface area contributed by atoms with Crippen molar-refractivity contribution < 1.29 is 22.7 Å². The van der Waals surface area contributed by atoms with Gasteiger partial charge in [-0.25, -0.2) is 15.0 Å². The lowest BCUT2D eigenvalue weighted by Crippen LogP contribution is -2.48. The molecule has 2 N–H and O–H groups in total. The molecule has 0 bridgehead atoms. The largest absolute Gasteiger partial charge is 0.418 e. The number of hydrogen-bond acceptors (Lipinski definition) is 8. The monoisotopic (exact) mass is 546 g/mol. The number of ether oxygens (including phenoxy) is 1. The average Bonchev–Trinajstić information content (AvgIpc) is 3.25. The quantitative estimate of drug-likeness (QED) is 0.382. The number of fused-ring (bicyclic) bond motifs is 2. The number of anilines is 1. The number of nitrogens with zero attached hydrogens (tertiary/aromatic N) is 4. The molecule has 0 radical (unpaired) electrons. The molecule has 0 aliphatic carbocycles. The number of hydrogen-bond donors (Lipinski definition) is 2. The Morgan fingerprint density at radius 3 is 2.55 bits per heavy atom. The van der Waals surface area contributed by atoms with Crippen molar-refractivity contribution in [3.63, 3.8) is 0 Å². The van der Waals surface area contributed by atoms with E-state index >= 15 is 0 Å². The Labute approximate surface area is 219 Å². The number of halogens is 3. The minimum absolute atomic E-state index is 0.0740. The molecule has 13 heteroatoms. The van der Waals surface area contributed by atoms with E-state index in [0.717, 1.165) is 6.07 Å². The van der Waals surface area contributed by atoms with Crippen LogP contribution in [0.15, 0.2) is 29.1 Å². The molecule has 3 atom stereocenters. The number of aromatic amines is 1. The van der Waals surface area contributed by atoms with Crippen molar-refractivity contribution in [1.82, 2.24) is 24.8 Å². The highest BCUT2D eigenvalue weighted by molar-refractivity contribution is 7.20. The summed E-state index contributed by atoms with van der Waals surface area (Å²) in [5.74, 6) is 0.0185. The van der Waals surface area contributed by atoms with E-state index in [4.69, 9.17) is 4.74 Å². The van der Waals surface area contributed by atoms with Crippen molar-refractivity contribution in [3.8, 4) is 0 Å². The maximum Gasteiger partial charge on any atom is 0.418 e. The Kier molecular flexibility index (Phi) is 6.59. The Morgan fingerprint density at radius 2 is 1.87 bits per heavy atom. The molecule has 3 aromatic heterocycles. The van der Waals surface area contributed by atoms with E-state index in [-0.39, 0.29) is 40.7 Å². The van der Waals surface area contributed by atoms with Crippen LogP contribution in [-0.2, 0) is 10.9 Å². The van der Waals surface area contributed by atoms with Gasteiger partial charge in [0.05, 0.1) is 45.2 Å². The Balaban J connectivity index is 1.44. The fraction of sp³-hybridized carbons (Fsp3) is 0.400. The van der Waals surface area contributed by atoms with E-state index < -0.39 is 23.3 Å². The van der Waals surface area contributed by atoms with Gasteiger partial charge in [0.15, 0.2) is 10.5 Å². The summed E-state index contributed by atoms with van der Waals surface area (Å²) < 4.78 is 48.2. The third-order valence-electron chi connectivity index (χ3n) is 6.21. The molecule has 1 aliphatic rings. The third-order valence-corrected chi connectivity index (χ3v) is 7.21. The lowest BCUT2D eigenvalue weighted by molar-refractivity contribution is -0.138. The standard InChI is InChI=1S/C25H25F3N6O3S/c1-11-9-34(10-12(2)37-11)24(36)23-32-17-6-5-15(7-19(17)38-23)29-13(3)20-16(25(26,27)28)8-18-21(33-20)22(35)31-14(4)30-18/h5-8,11-13,29H,9-10H2,1-4H3,(H,30,31,35)/t11-,12+,13?. The number of H-pyrrole nitrogens is 1. The van der Waals surface area contributed by atoms with Crippen LogP contribution in [0.2, 0.25) is 0 Å². The summed E-state index contributed by atoms with van der Waals surface area (Å²) in [6.07, 6.45) is -4.85. The van der Waals surface area contributed by atoms with Gasteiger partial charge in [-0.05, 0) is 52.0 Å². The summed E-state index contributed by atoms with van der Waals surface area (Å²) in [5.41, 5.74) is -1.06. The Bertz CT molecular complexity index is 1590. The van der Waals surface area contributed by atoms with Gasteiger partial charge < -0.3 is 19.9 Å². The number of aromatic nitrogens is 4. The van der Waals surface area contributed by atoms with E-state index in [1.165, 1.54) is 25.2 Å². The van der Waals surface area contributed by atoms with Gasteiger partial charge in [-0.3, -0.25) is 9.59 Å². The molecule has 9 nitrogen and oxygen atoms in total.